The molecule has 4 rings (SSSR count). The van der Waals surface area contributed by atoms with Crippen molar-refractivity contribution in [3.05, 3.63) is 95.3 Å². The number of hydrogen-bond donors (Lipinski definition) is 1. The molecule has 0 fully saturated rings. The third kappa shape index (κ3) is 5.31. The van der Waals surface area contributed by atoms with Gasteiger partial charge in [0.15, 0.2) is 11.0 Å². The third-order valence-corrected chi connectivity index (χ3v) is 5.67. The van der Waals surface area contributed by atoms with E-state index in [0.29, 0.717) is 28.2 Å². The van der Waals surface area contributed by atoms with Crippen molar-refractivity contribution in [1.29, 1.82) is 0 Å². The zero-order valence-corrected chi connectivity index (χ0v) is 17.9. The van der Waals surface area contributed by atoms with Gasteiger partial charge in [0.25, 0.3) is 0 Å². The van der Waals surface area contributed by atoms with Gasteiger partial charge in [-0.05, 0) is 54.1 Å². The summed E-state index contributed by atoms with van der Waals surface area (Å²) in [7, 11) is 0. The van der Waals surface area contributed by atoms with Crippen molar-refractivity contribution >= 4 is 29.3 Å². The van der Waals surface area contributed by atoms with Gasteiger partial charge in [0.05, 0.1) is 5.75 Å². The number of rotatable bonds is 7. The lowest BCUT2D eigenvalue weighted by molar-refractivity contribution is -0.118. The second-order valence-electron chi connectivity index (χ2n) is 6.68. The van der Waals surface area contributed by atoms with E-state index in [1.54, 1.807) is 28.8 Å². The zero-order valence-electron chi connectivity index (χ0n) is 16.3. The van der Waals surface area contributed by atoms with E-state index in [2.05, 4.69) is 15.5 Å². The van der Waals surface area contributed by atoms with Crippen molar-refractivity contribution in [2.24, 2.45) is 0 Å². The van der Waals surface area contributed by atoms with Gasteiger partial charge in [-0.15, -0.1) is 10.2 Å². The van der Waals surface area contributed by atoms with Crippen LogP contribution in [-0.2, 0) is 11.3 Å². The van der Waals surface area contributed by atoms with E-state index < -0.39 is 0 Å². The molecule has 0 saturated heterocycles. The fourth-order valence-corrected chi connectivity index (χ4v) is 3.86. The van der Waals surface area contributed by atoms with Gasteiger partial charge >= 0.3 is 0 Å². The molecule has 0 spiro atoms. The van der Waals surface area contributed by atoms with Crippen molar-refractivity contribution in [1.82, 2.24) is 20.1 Å². The minimum Gasteiger partial charge on any atom is -0.351 e. The Labute approximate surface area is 188 Å². The number of benzene rings is 3. The Morgan fingerprint density at radius 1 is 0.968 bits per heavy atom. The quantitative estimate of drug-likeness (QED) is 0.395. The average Bonchev–Trinajstić information content (AvgIpc) is 3.22. The van der Waals surface area contributed by atoms with Crippen LogP contribution in [-0.4, -0.2) is 26.4 Å². The fourth-order valence-electron chi connectivity index (χ4n) is 2.95. The summed E-state index contributed by atoms with van der Waals surface area (Å²) in [6.07, 6.45) is 0. The summed E-state index contributed by atoms with van der Waals surface area (Å²) in [5, 5.41) is 12.6. The van der Waals surface area contributed by atoms with Crippen molar-refractivity contribution in [2.75, 3.05) is 5.75 Å². The van der Waals surface area contributed by atoms with Gasteiger partial charge in [-0.25, -0.2) is 4.39 Å². The van der Waals surface area contributed by atoms with Crippen LogP contribution in [0.4, 0.5) is 4.39 Å². The van der Waals surface area contributed by atoms with E-state index >= 15 is 0 Å². The van der Waals surface area contributed by atoms with Crippen LogP contribution in [0.25, 0.3) is 17.1 Å². The van der Waals surface area contributed by atoms with Crippen LogP contribution in [0.5, 0.6) is 0 Å². The highest BCUT2D eigenvalue weighted by Gasteiger charge is 2.17. The Bertz CT molecular complexity index is 1160. The molecule has 1 amide bonds. The minimum absolute atomic E-state index is 0.115. The molecule has 31 heavy (non-hydrogen) atoms. The second-order valence-corrected chi connectivity index (χ2v) is 8.05. The SMILES string of the molecule is O=C(CSc1nnc(-c2ccc(Cl)cc2)n1-c1ccc(F)cc1)NCc1ccccc1. The monoisotopic (exact) mass is 452 g/mol. The molecular formula is C23H18ClFN4OS. The predicted octanol–water partition coefficient (Wildman–Crippen LogP) is 5.14. The molecule has 156 valence electrons. The maximum Gasteiger partial charge on any atom is 0.230 e. The number of halogens is 2. The standard InChI is InChI=1S/C23H18ClFN4OS/c24-18-8-6-17(7-9-18)22-27-28-23(29(22)20-12-10-19(25)11-13-20)31-15-21(30)26-14-16-4-2-1-3-5-16/h1-13H,14-15H2,(H,26,30). The first kappa shape index (κ1) is 21.1. The Morgan fingerprint density at radius 2 is 1.68 bits per heavy atom. The number of thioether (sulfide) groups is 1. The maximum atomic E-state index is 13.5. The number of hydrogen-bond acceptors (Lipinski definition) is 4. The van der Waals surface area contributed by atoms with Crippen molar-refractivity contribution < 1.29 is 9.18 Å². The summed E-state index contributed by atoms with van der Waals surface area (Å²) in [6, 6.07) is 23.0. The molecule has 0 aliphatic carbocycles. The van der Waals surface area contributed by atoms with Crippen molar-refractivity contribution in [3.63, 3.8) is 0 Å². The first-order valence-corrected chi connectivity index (χ1v) is 10.9. The van der Waals surface area contributed by atoms with E-state index in [4.69, 9.17) is 11.6 Å². The normalized spacial score (nSPS) is 10.8. The van der Waals surface area contributed by atoms with E-state index in [1.807, 2.05) is 42.5 Å². The fraction of sp³-hybridized carbons (Fsp3) is 0.0870. The van der Waals surface area contributed by atoms with Gasteiger partial charge in [0.1, 0.15) is 5.82 Å². The number of aromatic nitrogens is 3. The molecule has 0 aliphatic heterocycles. The molecule has 1 N–H and O–H groups in total. The molecule has 0 aliphatic rings. The van der Waals surface area contributed by atoms with Crippen molar-refractivity contribution in [2.45, 2.75) is 11.7 Å². The summed E-state index contributed by atoms with van der Waals surface area (Å²) in [5.74, 6) is 0.303. The number of carbonyl (C=O) groups is 1. The summed E-state index contributed by atoms with van der Waals surface area (Å²) < 4.78 is 15.3. The van der Waals surface area contributed by atoms with Gasteiger partial charge in [-0.1, -0.05) is 53.7 Å². The molecule has 1 heterocycles. The second kappa shape index (κ2) is 9.76. The summed E-state index contributed by atoms with van der Waals surface area (Å²) >= 11 is 7.27. The predicted molar refractivity (Wildman–Crippen MR) is 121 cm³/mol. The van der Waals surface area contributed by atoms with Gasteiger partial charge in [-0.2, -0.15) is 0 Å². The zero-order chi connectivity index (χ0) is 21.6. The van der Waals surface area contributed by atoms with Crippen LogP contribution >= 0.6 is 23.4 Å². The molecule has 5 nitrogen and oxygen atoms in total. The molecule has 4 aromatic rings. The van der Waals surface area contributed by atoms with E-state index in [9.17, 15) is 9.18 Å². The number of nitrogens with zero attached hydrogens (tertiary/aromatic N) is 3. The average molecular weight is 453 g/mol. The van der Waals surface area contributed by atoms with Gasteiger partial charge in [0, 0.05) is 22.8 Å². The Hall–Kier alpha value is -3.16. The van der Waals surface area contributed by atoms with E-state index in [-0.39, 0.29) is 17.5 Å². The largest absolute Gasteiger partial charge is 0.351 e. The molecular weight excluding hydrogens is 435 g/mol. The lowest BCUT2D eigenvalue weighted by atomic mass is 10.2. The Morgan fingerprint density at radius 3 is 2.39 bits per heavy atom. The molecule has 0 unspecified atom stereocenters. The number of amides is 1. The molecule has 0 radical (unpaired) electrons. The number of nitrogens with one attached hydrogen (secondary N) is 1. The lowest BCUT2D eigenvalue weighted by Crippen LogP contribution is -2.24. The smallest absolute Gasteiger partial charge is 0.230 e. The van der Waals surface area contributed by atoms with Gasteiger partial charge < -0.3 is 5.32 Å². The molecule has 8 heteroatoms. The van der Waals surface area contributed by atoms with Crippen LogP contribution in [0.1, 0.15) is 5.56 Å². The first-order valence-electron chi connectivity index (χ1n) is 9.51. The summed E-state index contributed by atoms with van der Waals surface area (Å²) in [6.45, 7) is 0.459. The van der Waals surface area contributed by atoms with Crippen molar-refractivity contribution in [3.8, 4) is 17.1 Å². The highest BCUT2D eigenvalue weighted by molar-refractivity contribution is 7.99. The topological polar surface area (TPSA) is 59.8 Å². The van der Waals surface area contributed by atoms with Crippen LogP contribution in [0.2, 0.25) is 5.02 Å². The minimum atomic E-state index is -0.334. The molecule has 0 saturated carbocycles. The van der Waals surface area contributed by atoms with Crippen LogP contribution in [0.15, 0.2) is 84.0 Å². The Kier molecular flexibility index (Phi) is 6.64. The third-order valence-electron chi connectivity index (χ3n) is 4.49. The van der Waals surface area contributed by atoms with E-state index in [0.717, 1.165) is 11.1 Å². The highest BCUT2D eigenvalue weighted by Crippen LogP contribution is 2.28. The van der Waals surface area contributed by atoms with Gasteiger partial charge in [0.2, 0.25) is 5.91 Å². The highest BCUT2D eigenvalue weighted by atomic mass is 35.5. The molecule has 0 bridgehead atoms. The van der Waals surface area contributed by atoms with Crippen LogP contribution in [0.3, 0.4) is 0 Å². The van der Waals surface area contributed by atoms with Crippen LogP contribution in [0, 0.1) is 5.82 Å². The summed E-state index contributed by atoms with van der Waals surface area (Å²) in [5.41, 5.74) is 2.53. The van der Waals surface area contributed by atoms with Crippen LogP contribution < -0.4 is 5.32 Å². The van der Waals surface area contributed by atoms with Gasteiger partial charge in [-0.3, -0.25) is 9.36 Å². The first-order chi connectivity index (χ1) is 15.1. The Balaban J connectivity index is 1.55. The molecule has 3 aromatic carbocycles. The molecule has 1 aromatic heterocycles. The molecule has 0 atom stereocenters. The maximum absolute atomic E-state index is 13.5. The summed E-state index contributed by atoms with van der Waals surface area (Å²) in [4.78, 5) is 12.3. The van der Waals surface area contributed by atoms with E-state index in [1.165, 1.54) is 23.9 Å². The number of carbonyl (C=O) groups excluding carboxylic acids is 1. The lowest BCUT2D eigenvalue weighted by Gasteiger charge is -2.11.